The number of ether oxygens (including phenoxy) is 2. The minimum absolute atomic E-state index is 0.157. The normalized spacial score (nSPS) is 14.9. The summed E-state index contributed by atoms with van der Waals surface area (Å²) in [4.78, 5) is 23.2. The van der Waals surface area contributed by atoms with Gasteiger partial charge in [0.15, 0.2) is 5.78 Å². The Labute approximate surface area is 123 Å². The van der Waals surface area contributed by atoms with Gasteiger partial charge in [-0.15, -0.1) is 0 Å². The van der Waals surface area contributed by atoms with Crippen LogP contribution in [0, 0.1) is 0 Å². The Kier molecular flexibility index (Phi) is 4.39. The van der Waals surface area contributed by atoms with E-state index < -0.39 is 23.6 Å². The lowest BCUT2D eigenvalue weighted by Gasteiger charge is -2.22. The molecule has 1 N–H and O–H groups in total. The fourth-order valence-electron chi connectivity index (χ4n) is 1.80. The number of Topliss-reactive ketones (excluding diaryl/α,β-unsaturated/α-hetero) is 1. The molecule has 0 bridgehead atoms. The van der Waals surface area contributed by atoms with Gasteiger partial charge in [0.1, 0.15) is 13.2 Å². The van der Waals surface area contributed by atoms with Gasteiger partial charge in [-0.05, 0) is 19.1 Å². The molecule has 2 rings (SSSR count). The smallest absolute Gasteiger partial charge is 0.453 e. The van der Waals surface area contributed by atoms with Gasteiger partial charge >= 0.3 is 6.18 Å². The molecule has 1 aliphatic rings. The lowest BCUT2D eigenvalue weighted by Crippen LogP contribution is -2.30. The summed E-state index contributed by atoms with van der Waals surface area (Å²) in [5, 5.41) is 2.25. The molecule has 0 spiro atoms. The molecular formula is C14H12F3NO4. The molecule has 1 aliphatic heterocycles. The third-order valence-electron chi connectivity index (χ3n) is 2.77. The van der Waals surface area contributed by atoms with E-state index in [2.05, 4.69) is 10.1 Å². The molecule has 118 valence electrons. The number of alkyl halides is 3. The van der Waals surface area contributed by atoms with E-state index in [4.69, 9.17) is 4.74 Å². The number of amides is 1. The zero-order valence-corrected chi connectivity index (χ0v) is 11.5. The summed E-state index contributed by atoms with van der Waals surface area (Å²) < 4.78 is 47.6. The monoisotopic (exact) mass is 315 g/mol. The molecule has 0 radical (unpaired) electrons. The largest absolute Gasteiger partial charge is 0.483 e. The first-order chi connectivity index (χ1) is 10.3. The second-order valence-corrected chi connectivity index (χ2v) is 4.44. The molecule has 22 heavy (non-hydrogen) atoms. The lowest BCUT2D eigenvalue weighted by atomic mass is 10.1. The molecule has 0 aromatic heterocycles. The summed E-state index contributed by atoms with van der Waals surface area (Å²) in [6.07, 6.45) is -4.83. The van der Waals surface area contributed by atoms with Gasteiger partial charge in [0.2, 0.25) is 11.5 Å². The van der Waals surface area contributed by atoms with Crippen LogP contribution in [0.15, 0.2) is 35.8 Å². The summed E-state index contributed by atoms with van der Waals surface area (Å²) in [6, 6.07) is 5.84. The van der Waals surface area contributed by atoms with Crippen LogP contribution in [0.5, 0.6) is 0 Å². The van der Waals surface area contributed by atoms with Crippen LogP contribution in [0.4, 0.5) is 18.9 Å². The summed E-state index contributed by atoms with van der Waals surface area (Å²) in [5.74, 6) is -3.71. The number of carbonyl (C=O) groups is 2. The molecule has 0 atom stereocenters. The van der Waals surface area contributed by atoms with Crippen molar-refractivity contribution in [1.29, 1.82) is 0 Å². The second-order valence-electron chi connectivity index (χ2n) is 4.44. The minimum Gasteiger partial charge on any atom is -0.483 e. The molecule has 8 heteroatoms. The first kappa shape index (κ1) is 15.9. The molecule has 0 aliphatic carbocycles. The highest BCUT2D eigenvalue weighted by molar-refractivity contribution is 6.03. The number of nitrogens with one attached hydrogen (secondary N) is 1. The summed E-state index contributed by atoms with van der Waals surface area (Å²) in [6.45, 7) is 0.893. The number of ketones is 1. The number of carbonyl (C=O) groups excluding carboxylic acids is 2. The van der Waals surface area contributed by atoms with E-state index in [0.717, 1.165) is 0 Å². The molecule has 1 aromatic rings. The van der Waals surface area contributed by atoms with Crippen molar-refractivity contribution in [2.45, 2.75) is 13.1 Å². The predicted octanol–water partition coefficient (Wildman–Crippen LogP) is 2.65. The SMILES string of the molecule is CC(=O)c1cccc(NC(=O)C2=C(C(F)(F)F)OCCO2)c1. The van der Waals surface area contributed by atoms with Gasteiger partial charge in [-0.3, -0.25) is 9.59 Å². The average molecular weight is 315 g/mol. The Morgan fingerprint density at radius 1 is 1.18 bits per heavy atom. The van der Waals surface area contributed by atoms with E-state index in [1.54, 1.807) is 0 Å². The number of hydrogen-bond donors (Lipinski definition) is 1. The maximum absolute atomic E-state index is 12.8. The fraction of sp³-hybridized carbons (Fsp3) is 0.286. The van der Waals surface area contributed by atoms with Crippen molar-refractivity contribution >= 4 is 17.4 Å². The van der Waals surface area contributed by atoms with Crippen molar-refractivity contribution in [3.8, 4) is 0 Å². The fourth-order valence-corrected chi connectivity index (χ4v) is 1.80. The van der Waals surface area contributed by atoms with E-state index in [-0.39, 0.29) is 24.7 Å². The van der Waals surface area contributed by atoms with Crippen LogP contribution in [0.3, 0.4) is 0 Å². The van der Waals surface area contributed by atoms with Crippen LogP contribution >= 0.6 is 0 Å². The van der Waals surface area contributed by atoms with Gasteiger partial charge in [-0.1, -0.05) is 12.1 Å². The number of hydrogen-bond acceptors (Lipinski definition) is 4. The van der Waals surface area contributed by atoms with E-state index in [0.29, 0.717) is 5.56 Å². The zero-order chi connectivity index (χ0) is 16.3. The average Bonchev–Trinajstić information content (AvgIpc) is 2.46. The Morgan fingerprint density at radius 2 is 1.86 bits per heavy atom. The van der Waals surface area contributed by atoms with Crippen molar-refractivity contribution in [3.63, 3.8) is 0 Å². The standard InChI is InChI=1S/C14H12F3NO4/c1-8(19)9-3-2-4-10(7-9)18-13(20)11-12(14(15,16)17)22-6-5-21-11/h2-4,7H,5-6H2,1H3,(H,18,20). The third kappa shape index (κ3) is 3.57. The van der Waals surface area contributed by atoms with Gasteiger partial charge in [-0.25, -0.2) is 0 Å². The van der Waals surface area contributed by atoms with Gasteiger partial charge in [0.05, 0.1) is 0 Å². The number of anilines is 1. The van der Waals surface area contributed by atoms with Crippen molar-refractivity contribution < 1.29 is 32.2 Å². The van der Waals surface area contributed by atoms with Gasteiger partial charge < -0.3 is 14.8 Å². The van der Waals surface area contributed by atoms with Crippen LogP contribution in [0.2, 0.25) is 0 Å². The summed E-state index contributed by atoms with van der Waals surface area (Å²) >= 11 is 0. The quantitative estimate of drug-likeness (QED) is 0.871. The topological polar surface area (TPSA) is 64.6 Å². The summed E-state index contributed by atoms with van der Waals surface area (Å²) in [5.41, 5.74) is 0.504. The van der Waals surface area contributed by atoms with E-state index in [1.165, 1.54) is 31.2 Å². The van der Waals surface area contributed by atoms with Crippen LogP contribution in [-0.2, 0) is 14.3 Å². The highest BCUT2D eigenvalue weighted by Gasteiger charge is 2.43. The van der Waals surface area contributed by atoms with E-state index in [1.807, 2.05) is 0 Å². The Morgan fingerprint density at radius 3 is 2.50 bits per heavy atom. The van der Waals surface area contributed by atoms with E-state index >= 15 is 0 Å². The Hall–Kier alpha value is -2.51. The van der Waals surface area contributed by atoms with Gasteiger partial charge in [-0.2, -0.15) is 13.2 Å². The first-order valence-corrected chi connectivity index (χ1v) is 6.28. The molecule has 1 amide bonds. The number of halogens is 3. The van der Waals surface area contributed by atoms with Crippen molar-refractivity contribution in [3.05, 3.63) is 41.3 Å². The van der Waals surface area contributed by atoms with Gasteiger partial charge in [0, 0.05) is 11.3 Å². The number of benzene rings is 1. The van der Waals surface area contributed by atoms with E-state index in [9.17, 15) is 22.8 Å². The molecule has 0 saturated heterocycles. The van der Waals surface area contributed by atoms with Crippen molar-refractivity contribution in [1.82, 2.24) is 0 Å². The van der Waals surface area contributed by atoms with Crippen molar-refractivity contribution in [2.75, 3.05) is 18.5 Å². The maximum atomic E-state index is 12.8. The number of rotatable bonds is 3. The zero-order valence-electron chi connectivity index (χ0n) is 11.5. The Bertz CT molecular complexity index is 637. The lowest BCUT2D eigenvalue weighted by molar-refractivity contribution is -0.151. The van der Waals surface area contributed by atoms with Crippen LogP contribution < -0.4 is 5.32 Å². The third-order valence-corrected chi connectivity index (χ3v) is 2.77. The molecule has 5 nitrogen and oxygen atoms in total. The van der Waals surface area contributed by atoms with Gasteiger partial charge in [0.25, 0.3) is 5.91 Å². The maximum Gasteiger partial charge on any atom is 0.453 e. The molecule has 0 fully saturated rings. The van der Waals surface area contributed by atoms with Crippen LogP contribution in [0.1, 0.15) is 17.3 Å². The highest BCUT2D eigenvalue weighted by Crippen LogP contribution is 2.32. The second kappa shape index (κ2) is 6.08. The molecule has 0 saturated carbocycles. The number of allylic oxidation sites excluding steroid dienone is 1. The van der Waals surface area contributed by atoms with Crippen LogP contribution in [0.25, 0.3) is 0 Å². The predicted molar refractivity (Wildman–Crippen MR) is 70.1 cm³/mol. The molecule has 1 heterocycles. The highest BCUT2D eigenvalue weighted by atomic mass is 19.4. The molecular weight excluding hydrogens is 303 g/mol. The molecule has 1 aromatic carbocycles. The minimum atomic E-state index is -4.83. The van der Waals surface area contributed by atoms with Crippen LogP contribution in [-0.4, -0.2) is 31.1 Å². The first-order valence-electron chi connectivity index (χ1n) is 6.28. The molecule has 0 unspecified atom stereocenters. The Balaban J connectivity index is 2.26. The summed E-state index contributed by atoms with van der Waals surface area (Å²) in [7, 11) is 0. The van der Waals surface area contributed by atoms with Crippen molar-refractivity contribution in [2.24, 2.45) is 0 Å².